The second-order valence-electron chi connectivity index (χ2n) is 5.23. The molecule has 0 aromatic carbocycles. The molecule has 0 radical (unpaired) electrons. The third kappa shape index (κ3) is 3.83. The van der Waals surface area contributed by atoms with Gasteiger partial charge in [-0.05, 0) is 38.0 Å². The zero-order valence-electron chi connectivity index (χ0n) is 10.5. The number of likely N-dealkylation sites (N-methyl/N-ethyl adjacent to an activating group) is 1. The molecule has 2 rings (SSSR count). The molecular formula is C12H23ClN2O2. The summed E-state index contributed by atoms with van der Waals surface area (Å²) >= 11 is 0. The molecule has 1 aliphatic carbocycles. The van der Waals surface area contributed by atoms with Gasteiger partial charge in [0.2, 0.25) is 5.91 Å². The SMILES string of the molecule is CN(CCC1CCOCC1)C(=O)C1(N)CC1.Cl. The lowest BCUT2D eigenvalue weighted by atomic mass is 9.96. The van der Waals surface area contributed by atoms with Crippen LogP contribution in [0.4, 0.5) is 0 Å². The van der Waals surface area contributed by atoms with Gasteiger partial charge in [0.05, 0.1) is 5.54 Å². The van der Waals surface area contributed by atoms with Crippen LogP contribution in [0.5, 0.6) is 0 Å². The van der Waals surface area contributed by atoms with Gasteiger partial charge in [0, 0.05) is 26.8 Å². The summed E-state index contributed by atoms with van der Waals surface area (Å²) in [6.45, 7) is 2.59. The number of hydrogen-bond acceptors (Lipinski definition) is 3. The van der Waals surface area contributed by atoms with Crippen LogP contribution < -0.4 is 5.73 Å². The van der Waals surface area contributed by atoms with Crippen LogP contribution in [0.3, 0.4) is 0 Å². The zero-order valence-corrected chi connectivity index (χ0v) is 11.3. The molecule has 1 amide bonds. The Balaban J connectivity index is 0.00000144. The fourth-order valence-electron chi connectivity index (χ4n) is 2.24. The van der Waals surface area contributed by atoms with Gasteiger partial charge in [-0.25, -0.2) is 0 Å². The summed E-state index contributed by atoms with van der Waals surface area (Å²) in [5.41, 5.74) is 5.38. The van der Waals surface area contributed by atoms with Crippen LogP contribution in [-0.4, -0.2) is 43.2 Å². The molecule has 17 heavy (non-hydrogen) atoms. The Morgan fingerprint density at radius 2 is 2.00 bits per heavy atom. The van der Waals surface area contributed by atoms with Crippen LogP contribution in [0.1, 0.15) is 32.1 Å². The Kier molecular flexibility index (Phi) is 5.22. The Labute approximate surface area is 109 Å². The molecule has 100 valence electrons. The average molecular weight is 263 g/mol. The predicted octanol–water partition coefficient (Wildman–Crippen LogP) is 1.17. The van der Waals surface area contributed by atoms with Crippen molar-refractivity contribution in [3.05, 3.63) is 0 Å². The number of halogens is 1. The van der Waals surface area contributed by atoms with Crippen molar-refractivity contribution in [1.82, 2.24) is 4.90 Å². The molecule has 1 aliphatic heterocycles. The number of nitrogens with zero attached hydrogens (tertiary/aromatic N) is 1. The summed E-state index contributed by atoms with van der Waals surface area (Å²) in [6.07, 6.45) is 5.06. The van der Waals surface area contributed by atoms with Crippen molar-refractivity contribution in [2.75, 3.05) is 26.8 Å². The van der Waals surface area contributed by atoms with E-state index in [1.165, 1.54) is 0 Å². The van der Waals surface area contributed by atoms with E-state index < -0.39 is 5.54 Å². The van der Waals surface area contributed by atoms with Gasteiger partial charge in [0.1, 0.15) is 0 Å². The highest BCUT2D eigenvalue weighted by Gasteiger charge is 2.47. The molecule has 5 heteroatoms. The molecule has 0 bridgehead atoms. The van der Waals surface area contributed by atoms with Crippen molar-refractivity contribution in [3.8, 4) is 0 Å². The van der Waals surface area contributed by atoms with Crippen molar-refractivity contribution in [3.63, 3.8) is 0 Å². The highest BCUT2D eigenvalue weighted by atomic mass is 35.5. The Morgan fingerprint density at radius 3 is 2.53 bits per heavy atom. The predicted molar refractivity (Wildman–Crippen MR) is 69.2 cm³/mol. The first-order valence-electron chi connectivity index (χ1n) is 6.24. The summed E-state index contributed by atoms with van der Waals surface area (Å²) in [6, 6.07) is 0. The summed E-state index contributed by atoms with van der Waals surface area (Å²) in [5.74, 6) is 0.844. The quantitative estimate of drug-likeness (QED) is 0.828. The fraction of sp³-hybridized carbons (Fsp3) is 0.917. The van der Waals surface area contributed by atoms with Gasteiger partial charge in [-0.2, -0.15) is 0 Å². The van der Waals surface area contributed by atoms with E-state index in [1.807, 2.05) is 11.9 Å². The van der Waals surface area contributed by atoms with Crippen molar-refractivity contribution in [2.24, 2.45) is 11.7 Å². The zero-order chi connectivity index (χ0) is 11.6. The number of hydrogen-bond donors (Lipinski definition) is 1. The minimum absolute atomic E-state index is 0. The minimum atomic E-state index is -0.509. The van der Waals surface area contributed by atoms with Crippen molar-refractivity contribution < 1.29 is 9.53 Å². The van der Waals surface area contributed by atoms with E-state index in [0.29, 0.717) is 0 Å². The van der Waals surface area contributed by atoms with E-state index in [-0.39, 0.29) is 18.3 Å². The van der Waals surface area contributed by atoms with E-state index >= 15 is 0 Å². The van der Waals surface area contributed by atoms with Crippen LogP contribution >= 0.6 is 12.4 Å². The van der Waals surface area contributed by atoms with E-state index in [9.17, 15) is 4.79 Å². The molecule has 0 spiro atoms. The van der Waals surface area contributed by atoms with Gasteiger partial charge in [-0.3, -0.25) is 4.79 Å². The molecule has 2 fully saturated rings. The standard InChI is InChI=1S/C12H22N2O2.ClH/c1-14(11(15)12(13)5-6-12)7-2-10-3-8-16-9-4-10;/h10H,2-9,13H2,1H3;1H. The van der Waals surface area contributed by atoms with Gasteiger partial charge in [-0.15, -0.1) is 12.4 Å². The van der Waals surface area contributed by atoms with Crippen LogP contribution in [0.15, 0.2) is 0 Å². The molecule has 1 saturated carbocycles. The first-order valence-corrected chi connectivity index (χ1v) is 6.24. The maximum atomic E-state index is 11.9. The topological polar surface area (TPSA) is 55.6 Å². The highest BCUT2D eigenvalue weighted by molar-refractivity contribution is 5.88. The number of rotatable bonds is 4. The summed E-state index contributed by atoms with van der Waals surface area (Å²) < 4.78 is 5.32. The largest absolute Gasteiger partial charge is 0.381 e. The lowest BCUT2D eigenvalue weighted by Crippen LogP contribution is -2.44. The minimum Gasteiger partial charge on any atom is -0.381 e. The lowest BCUT2D eigenvalue weighted by Gasteiger charge is -2.26. The lowest BCUT2D eigenvalue weighted by molar-refractivity contribution is -0.132. The average Bonchev–Trinajstić information content (AvgIpc) is 3.06. The van der Waals surface area contributed by atoms with Gasteiger partial charge in [0.25, 0.3) is 0 Å². The first kappa shape index (κ1) is 14.7. The monoisotopic (exact) mass is 262 g/mol. The summed E-state index contributed by atoms with van der Waals surface area (Å²) in [7, 11) is 1.87. The molecule has 1 heterocycles. The van der Waals surface area contributed by atoms with E-state index in [0.717, 1.165) is 57.8 Å². The highest BCUT2D eigenvalue weighted by Crippen LogP contribution is 2.34. The number of carbonyl (C=O) groups excluding carboxylic acids is 1. The molecule has 0 atom stereocenters. The van der Waals surface area contributed by atoms with Gasteiger partial charge >= 0.3 is 0 Å². The molecule has 2 aliphatic rings. The fourth-order valence-corrected chi connectivity index (χ4v) is 2.24. The van der Waals surface area contributed by atoms with E-state index in [1.54, 1.807) is 0 Å². The maximum absolute atomic E-state index is 11.9. The van der Waals surface area contributed by atoms with Crippen molar-refractivity contribution in [1.29, 1.82) is 0 Å². The summed E-state index contributed by atoms with van der Waals surface area (Å²) in [4.78, 5) is 13.7. The van der Waals surface area contributed by atoms with Crippen LogP contribution in [0.2, 0.25) is 0 Å². The third-order valence-electron chi connectivity index (χ3n) is 3.77. The number of amides is 1. The molecule has 0 aromatic rings. The van der Waals surface area contributed by atoms with Crippen LogP contribution in [0, 0.1) is 5.92 Å². The van der Waals surface area contributed by atoms with E-state index in [4.69, 9.17) is 10.5 Å². The smallest absolute Gasteiger partial charge is 0.242 e. The molecule has 0 unspecified atom stereocenters. The Bertz CT molecular complexity index is 263. The second kappa shape index (κ2) is 6.03. The van der Waals surface area contributed by atoms with Gasteiger partial charge in [0.15, 0.2) is 0 Å². The Hall–Kier alpha value is -0.320. The van der Waals surface area contributed by atoms with Gasteiger partial charge < -0.3 is 15.4 Å². The van der Waals surface area contributed by atoms with Crippen molar-refractivity contribution >= 4 is 18.3 Å². The molecule has 4 nitrogen and oxygen atoms in total. The molecule has 1 saturated heterocycles. The number of nitrogens with two attached hydrogens (primary N) is 1. The normalized spacial score (nSPS) is 22.7. The van der Waals surface area contributed by atoms with Crippen LogP contribution in [-0.2, 0) is 9.53 Å². The van der Waals surface area contributed by atoms with E-state index in [2.05, 4.69) is 0 Å². The molecular weight excluding hydrogens is 240 g/mol. The summed E-state index contributed by atoms with van der Waals surface area (Å²) in [5, 5.41) is 0. The van der Waals surface area contributed by atoms with Gasteiger partial charge in [-0.1, -0.05) is 0 Å². The first-order chi connectivity index (χ1) is 7.62. The number of carbonyl (C=O) groups is 1. The maximum Gasteiger partial charge on any atom is 0.242 e. The van der Waals surface area contributed by atoms with Crippen molar-refractivity contribution in [2.45, 2.75) is 37.6 Å². The molecule has 2 N–H and O–H groups in total. The van der Waals surface area contributed by atoms with Crippen LogP contribution in [0.25, 0.3) is 0 Å². The molecule has 0 aromatic heterocycles. The second-order valence-corrected chi connectivity index (χ2v) is 5.23. The number of ether oxygens (including phenoxy) is 1. The Morgan fingerprint density at radius 1 is 1.41 bits per heavy atom. The third-order valence-corrected chi connectivity index (χ3v) is 3.77.